The Hall–Kier alpha value is -0.200. The predicted octanol–water partition coefficient (Wildman–Crippen LogP) is -2.54. The van der Waals surface area contributed by atoms with Crippen LogP contribution in [0.1, 0.15) is 0 Å². The summed E-state index contributed by atoms with van der Waals surface area (Å²) in [5.41, 5.74) is 0. The molecule has 0 bridgehead atoms. The molecule has 1 aliphatic heterocycles. The SMILES string of the molecule is OC[C@H]1OC[C@H](O)[C@@H](O)C1O. The van der Waals surface area contributed by atoms with Crippen LogP contribution in [0, 0.1) is 0 Å². The molecule has 0 radical (unpaired) electrons. The Kier molecular flexibility index (Phi) is 2.80. The monoisotopic (exact) mass is 164 g/mol. The molecule has 0 aliphatic carbocycles. The largest absolute Gasteiger partial charge is 0.394 e. The zero-order valence-electron chi connectivity index (χ0n) is 5.92. The molecule has 1 aliphatic rings. The quantitative estimate of drug-likeness (QED) is 0.343. The van der Waals surface area contributed by atoms with E-state index in [1.165, 1.54) is 0 Å². The van der Waals surface area contributed by atoms with Gasteiger partial charge in [0.25, 0.3) is 0 Å². The van der Waals surface area contributed by atoms with Crippen LogP contribution in [0.5, 0.6) is 0 Å². The first kappa shape index (κ1) is 8.89. The summed E-state index contributed by atoms with van der Waals surface area (Å²) in [4.78, 5) is 0. The molecule has 0 aromatic carbocycles. The maximum absolute atomic E-state index is 9.11. The lowest BCUT2D eigenvalue weighted by molar-refractivity contribution is -0.195. The van der Waals surface area contributed by atoms with E-state index < -0.39 is 24.4 Å². The van der Waals surface area contributed by atoms with Gasteiger partial charge in [-0.2, -0.15) is 0 Å². The highest BCUT2D eigenvalue weighted by atomic mass is 16.5. The molecule has 0 spiro atoms. The van der Waals surface area contributed by atoms with E-state index in [4.69, 9.17) is 25.2 Å². The van der Waals surface area contributed by atoms with Crippen LogP contribution in [0.2, 0.25) is 0 Å². The van der Waals surface area contributed by atoms with Crippen molar-refractivity contribution >= 4 is 0 Å². The Labute approximate surface area is 63.8 Å². The molecule has 1 heterocycles. The Morgan fingerprint density at radius 1 is 1.18 bits per heavy atom. The second-order valence-corrected chi connectivity index (χ2v) is 2.60. The molecular weight excluding hydrogens is 152 g/mol. The summed E-state index contributed by atoms with van der Waals surface area (Å²) in [6.45, 7) is -0.408. The third kappa shape index (κ3) is 1.69. The third-order valence-corrected chi connectivity index (χ3v) is 1.79. The lowest BCUT2D eigenvalue weighted by Crippen LogP contribution is -2.53. The van der Waals surface area contributed by atoms with Gasteiger partial charge < -0.3 is 25.2 Å². The van der Waals surface area contributed by atoms with Crippen LogP contribution < -0.4 is 0 Å². The van der Waals surface area contributed by atoms with Crippen molar-refractivity contribution in [2.24, 2.45) is 0 Å². The Balaban J connectivity index is 2.52. The van der Waals surface area contributed by atoms with Crippen LogP contribution in [0.15, 0.2) is 0 Å². The van der Waals surface area contributed by atoms with Gasteiger partial charge in [0.1, 0.15) is 24.4 Å². The zero-order chi connectivity index (χ0) is 8.43. The molecule has 4 atom stereocenters. The second kappa shape index (κ2) is 3.46. The number of hydrogen-bond acceptors (Lipinski definition) is 5. The summed E-state index contributed by atoms with van der Waals surface area (Å²) in [6.07, 6.45) is -4.27. The number of ether oxygens (including phenoxy) is 1. The van der Waals surface area contributed by atoms with E-state index >= 15 is 0 Å². The average Bonchev–Trinajstić information content (AvgIpc) is 2.01. The van der Waals surface area contributed by atoms with Crippen LogP contribution in [-0.4, -0.2) is 58.1 Å². The first-order chi connectivity index (χ1) is 5.16. The van der Waals surface area contributed by atoms with Crippen LogP contribution in [-0.2, 0) is 4.74 Å². The van der Waals surface area contributed by atoms with Crippen molar-refractivity contribution in [3.8, 4) is 0 Å². The molecular formula is C6H12O5. The van der Waals surface area contributed by atoms with Crippen molar-refractivity contribution in [1.29, 1.82) is 0 Å². The lowest BCUT2D eigenvalue weighted by atomic mass is 10.0. The first-order valence-electron chi connectivity index (χ1n) is 3.43. The van der Waals surface area contributed by atoms with Crippen molar-refractivity contribution in [3.63, 3.8) is 0 Å². The molecule has 5 nitrogen and oxygen atoms in total. The van der Waals surface area contributed by atoms with Gasteiger partial charge in [0, 0.05) is 0 Å². The maximum Gasteiger partial charge on any atom is 0.111 e. The van der Waals surface area contributed by atoms with Gasteiger partial charge in [-0.25, -0.2) is 0 Å². The van der Waals surface area contributed by atoms with Crippen molar-refractivity contribution in [2.75, 3.05) is 13.2 Å². The molecule has 0 saturated carbocycles. The molecule has 1 fully saturated rings. The van der Waals surface area contributed by atoms with E-state index in [9.17, 15) is 0 Å². The van der Waals surface area contributed by atoms with Crippen LogP contribution in [0.25, 0.3) is 0 Å². The molecule has 0 amide bonds. The fourth-order valence-corrected chi connectivity index (χ4v) is 1.03. The molecule has 1 saturated heterocycles. The second-order valence-electron chi connectivity index (χ2n) is 2.60. The number of aliphatic hydroxyl groups excluding tert-OH is 4. The fourth-order valence-electron chi connectivity index (χ4n) is 1.03. The molecule has 1 rings (SSSR count). The normalized spacial score (nSPS) is 45.8. The molecule has 11 heavy (non-hydrogen) atoms. The van der Waals surface area contributed by atoms with E-state index in [1.54, 1.807) is 0 Å². The molecule has 1 unspecified atom stereocenters. The molecule has 66 valence electrons. The van der Waals surface area contributed by atoms with E-state index in [2.05, 4.69) is 0 Å². The van der Waals surface area contributed by atoms with Crippen molar-refractivity contribution in [1.82, 2.24) is 0 Å². The van der Waals surface area contributed by atoms with Gasteiger partial charge in [0.15, 0.2) is 0 Å². The van der Waals surface area contributed by atoms with Gasteiger partial charge in [0.05, 0.1) is 13.2 Å². The van der Waals surface area contributed by atoms with Gasteiger partial charge in [-0.1, -0.05) is 0 Å². The van der Waals surface area contributed by atoms with Crippen LogP contribution in [0.3, 0.4) is 0 Å². The minimum absolute atomic E-state index is 0.0521. The molecule has 5 heteroatoms. The molecule has 4 N–H and O–H groups in total. The Morgan fingerprint density at radius 3 is 2.36 bits per heavy atom. The number of rotatable bonds is 1. The van der Waals surface area contributed by atoms with Gasteiger partial charge in [-0.05, 0) is 0 Å². The van der Waals surface area contributed by atoms with Gasteiger partial charge in [-0.3, -0.25) is 0 Å². The number of aliphatic hydroxyl groups is 4. The van der Waals surface area contributed by atoms with E-state index in [1.807, 2.05) is 0 Å². The van der Waals surface area contributed by atoms with Crippen LogP contribution >= 0.6 is 0 Å². The van der Waals surface area contributed by atoms with E-state index in [0.29, 0.717) is 0 Å². The standard InChI is InChI=1S/C6H12O5/c7-1-4-6(10)5(9)3(8)2-11-4/h3-10H,1-2H2/t3-,4+,5+,6?/m0/s1. The van der Waals surface area contributed by atoms with Crippen LogP contribution in [0.4, 0.5) is 0 Å². The highest BCUT2D eigenvalue weighted by Gasteiger charge is 2.36. The smallest absolute Gasteiger partial charge is 0.111 e. The average molecular weight is 164 g/mol. The molecule has 0 aromatic heterocycles. The number of hydrogen-bond donors (Lipinski definition) is 4. The van der Waals surface area contributed by atoms with Crippen molar-refractivity contribution in [3.05, 3.63) is 0 Å². The Bertz CT molecular complexity index is 126. The summed E-state index contributed by atoms with van der Waals surface area (Å²) in [6, 6.07) is 0. The summed E-state index contributed by atoms with van der Waals surface area (Å²) in [5, 5.41) is 35.7. The fraction of sp³-hybridized carbons (Fsp3) is 1.00. The van der Waals surface area contributed by atoms with Gasteiger partial charge in [-0.15, -0.1) is 0 Å². The van der Waals surface area contributed by atoms with Gasteiger partial charge in [0.2, 0.25) is 0 Å². The highest BCUT2D eigenvalue weighted by Crippen LogP contribution is 2.14. The maximum atomic E-state index is 9.11. The topological polar surface area (TPSA) is 90.2 Å². The molecule has 0 aromatic rings. The summed E-state index contributed by atoms with van der Waals surface area (Å²) in [7, 11) is 0. The van der Waals surface area contributed by atoms with Crippen molar-refractivity contribution in [2.45, 2.75) is 24.4 Å². The lowest BCUT2D eigenvalue weighted by Gasteiger charge is -2.34. The zero-order valence-corrected chi connectivity index (χ0v) is 5.92. The summed E-state index contributed by atoms with van der Waals surface area (Å²) < 4.78 is 4.81. The van der Waals surface area contributed by atoms with E-state index in [-0.39, 0.29) is 13.2 Å². The predicted molar refractivity (Wildman–Crippen MR) is 34.8 cm³/mol. The van der Waals surface area contributed by atoms with E-state index in [0.717, 1.165) is 0 Å². The van der Waals surface area contributed by atoms with Crippen molar-refractivity contribution < 1.29 is 25.2 Å². The highest BCUT2D eigenvalue weighted by molar-refractivity contribution is 4.85. The first-order valence-corrected chi connectivity index (χ1v) is 3.43. The minimum atomic E-state index is -1.22. The summed E-state index contributed by atoms with van der Waals surface area (Å²) >= 11 is 0. The minimum Gasteiger partial charge on any atom is -0.394 e. The van der Waals surface area contributed by atoms with Gasteiger partial charge >= 0.3 is 0 Å². The summed E-state index contributed by atoms with van der Waals surface area (Å²) in [5.74, 6) is 0. The third-order valence-electron chi connectivity index (χ3n) is 1.79. The Morgan fingerprint density at radius 2 is 1.82 bits per heavy atom.